The number of rotatable bonds is 2. The number of anilines is 1. The molecule has 0 spiro atoms. The number of hydrogen-bond donors (Lipinski definition) is 1. The fourth-order valence-electron chi connectivity index (χ4n) is 1.46. The average molecular weight is 242 g/mol. The molecule has 1 saturated heterocycles. The van der Waals surface area contributed by atoms with Gasteiger partial charge >= 0.3 is 5.97 Å². The van der Waals surface area contributed by atoms with Gasteiger partial charge in [0.2, 0.25) is 5.91 Å². The van der Waals surface area contributed by atoms with Crippen LogP contribution in [-0.2, 0) is 9.53 Å². The largest absolute Gasteiger partial charge is 0.464 e. The molecule has 1 unspecified atom stereocenters. The first-order chi connectivity index (χ1) is 7.61. The van der Waals surface area contributed by atoms with E-state index < -0.39 is 12.1 Å². The van der Waals surface area contributed by atoms with E-state index in [1.807, 2.05) is 0 Å². The van der Waals surface area contributed by atoms with Crippen LogP contribution in [0.4, 0.5) is 5.13 Å². The van der Waals surface area contributed by atoms with Crippen LogP contribution >= 0.6 is 11.3 Å². The van der Waals surface area contributed by atoms with Crippen LogP contribution in [-0.4, -0.2) is 41.7 Å². The second-order valence-corrected chi connectivity index (χ2v) is 4.21. The van der Waals surface area contributed by atoms with Crippen LogP contribution in [0.5, 0.6) is 0 Å². The monoisotopic (exact) mass is 242 g/mol. The third-order valence-corrected chi connectivity index (χ3v) is 3.09. The maximum absolute atomic E-state index is 11.5. The molecule has 2 heterocycles. The first kappa shape index (κ1) is 11.0. The van der Waals surface area contributed by atoms with Gasteiger partial charge in [0, 0.05) is 5.38 Å². The van der Waals surface area contributed by atoms with Gasteiger partial charge in [0.05, 0.1) is 26.2 Å². The zero-order chi connectivity index (χ0) is 11.7. The van der Waals surface area contributed by atoms with Gasteiger partial charge in [-0.05, 0) is 0 Å². The zero-order valence-electron chi connectivity index (χ0n) is 8.54. The Morgan fingerprint density at radius 1 is 1.75 bits per heavy atom. The van der Waals surface area contributed by atoms with E-state index in [9.17, 15) is 14.7 Å². The van der Waals surface area contributed by atoms with Crippen LogP contribution in [0, 0.1) is 0 Å². The molecule has 0 radical (unpaired) electrons. The quantitative estimate of drug-likeness (QED) is 0.740. The van der Waals surface area contributed by atoms with Crippen LogP contribution in [0.1, 0.15) is 16.9 Å². The summed E-state index contributed by atoms with van der Waals surface area (Å²) in [6, 6.07) is 0. The molecule has 86 valence electrons. The fraction of sp³-hybridized carbons (Fsp3) is 0.444. The molecule has 0 aliphatic carbocycles. The molecular formula is C9H10N2O4S. The summed E-state index contributed by atoms with van der Waals surface area (Å²) in [5, 5.41) is 11.3. The van der Waals surface area contributed by atoms with Crippen LogP contribution in [0.2, 0.25) is 0 Å². The van der Waals surface area contributed by atoms with E-state index in [0.29, 0.717) is 5.13 Å². The molecule has 0 bridgehead atoms. The van der Waals surface area contributed by atoms with E-state index >= 15 is 0 Å². The molecule has 1 aliphatic heterocycles. The predicted octanol–water partition coefficient (Wildman–Crippen LogP) is 0.0273. The Morgan fingerprint density at radius 2 is 2.50 bits per heavy atom. The summed E-state index contributed by atoms with van der Waals surface area (Å²) in [7, 11) is 1.27. The Bertz CT molecular complexity index is 431. The molecule has 7 heteroatoms. The molecule has 16 heavy (non-hydrogen) atoms. The lowest BCUT2D eigenvalue weighted by Gasteiger charge is -2.10. The molecule has 2 rings (SSSR count). The Morgan fingerprint density at radius 3 is 3.06 bits per heavy atom. The minimum atomic E-state index is -0.655. The number of carbonyl (C=O) groups excluding carboxylic acids is 2. The van der Waals surface area contributed by atoms with Crippen molar-refractivity contribution < 1.29 is 19.4 Å². The molecule has 1 aliphatic rings. The summed E-state index contributed by atoms with van der Waals surface area (Å²) in [6.45, 7) is 0.229. The molecule has 0 saturated carbocycles. The lowest BCUT2D eigenvalue weighted by Crippen LogP contribution is -2.25. The third-order valence-electron chi connectivity index (χ3n) is 2.22. The lowest BCUT2D eigenvalue weighted by atomic mass is 10.3. The van der Waals surface area contributed by atoms with Crippen molar-refractivity contribution in [3.8, 4) is 0 Å². The molecule has 1 amide bonds. The van der Waals surface area contributed by atoms with Gasteiger partial charge in [0.1, 0.15) is 0 Å². The number of methoxy groups -OCH3 is 1. The molecular weight excluding hydrogens is 232 g/mol. The van der Waals surface area contributed by atoms with E-state index in [0.717, 1.165) is 0 Å². The first-order valence-corrected chi connectivity index (χ1v) is 5.52. The lowest BCUT2D eigenvalue weighted by molar-refractivity contribution is -0.117. The van der Waals surface area contributed by atoms with Gasteiger partial charge in [-0.25, -0.2) is 9.78 Å². The summed E-state index contributed by atoms with van der Waals surface area (Å²) in [6.07, 6.45) is -0.550. The first-order valence-electron chi connectivity index (χ1n) is 4.64. The summed E-state index contributed by atoms with van der Waals surface area (Å²) < 4.78 is 4.51. The second-order valence-electron chi connectivity index (χ2n) is 3.37. The van der Waals surface area contributed by atoms with Gasteiger partial charge in [-0.3, -0.25) is 9.69 Å². The minimum Gasteiger partial charge on any atom is -0.464 e. The van der Waals surface area contributed by atoms with Crippen LogP contribution in [0.3, 0.4) is 0 Å². The van der Waals surface area contributed by atoms with Crippen LogP contribution in [0.15, 0.2) is 5.38 Å². The van der Waals surface area contributed by atoms with Crippen molar-refractivity contribution in [2.75, 3.05) is 18.6 Å². The predicted molar refractivity (Wildman–Crippen MR) is 56.4 cm³/mol. The average Bonchev–Trinajstić information content (AvgIpc) is 2.83. The number of hydrogen-bond acceptors (Lipinski definition) is 6. The fourth-order valence-corrected chi connectivity index (χ4v) is 2.28. The zero-order valence-corrected chi connectivity index (χ0v) is 9.36. The van der Waals surface area contributed by atoms with Gasteiger partial charge < -0.3 is 9.84 Å². The minimum absolute atomic E-state index is 0.104. The molecule has 1 aromatic heterocycles. The molecule has 1 aromatic rings. The number of β-amino-alcohol motifs (C(OH)–C–C–N with tert-alkyl or cyclic N) is 1. The standard InChI is InChI=1S/C9H10N2O4S/c1-15-8(14)6-4-16-9(10-6)11-3-5(12)2-7(11)13/h4-5,12H,2-3H2,1H3. The van der Waals surface area contributed by atoms with Crippen molar-refractivity contribution in [3.63, 3.8) is 0 Å². The highest BCUT2D eigenvalue weighted by molar-refractivity contribution is 7.14. The number of aliphatic hydroxyl groups is 1. The third kappa shape index (κ3) is 1.91. The van der Waals surface area contributed by atoms with Gasteiger partial charge in [0.25, 0.3) is 0 Å². The normalized spacial score (nSPS) is 20.2. The van der Waals surface area contributed by atoms with Crippen molar-refractivity contribution in [2.24, 2.45) is 0 Å². The highest BCUT2D eigenvalue weighted by atomic mass is 32.1. The van der Waals surface area contributed by atoms with E-state index in [1.54, 1.807) is 0 Å². The Balaban J connectivity index is 2.19. The van der Waals surface area contributed by atoms with Crippen LogP contribution in [0.25, 0.3) is 0 Å². The molecule has 1 fully saturated rings. The van der Waals surface area contributed by atoms with Crippen LogP contribution < -0.4 is 4.90 Å². The summed E-state index contributed by atoms with van der Waals surface area (Å²) in [5.41, 5.74) is 0.177. The summed E-state index contributed by atoms with van der Waals surface area (Å²) >= 11 is 1.18. The summed E-state index contributed by atoms with van der Waals surface area (Å²) in [5.74, 6) is -0.715. The Labute approximate surface area is 95.5 Å². The number of ether oxygens (including phenoxy) is 1. The van der Waals surface area contributed by atoms with Crippen molar-refractivity contribution in [2.45, 2.75) is 12.5 Å². The maximum Gasteiger partial charge on any atom is 0.357 e. The molecule has 1 N–H and O–H groups in total. The van der Waals surface area contributed by atoms with E-state index in [-0.39, 0.29) is 24.6 Å². The van der Waals surface area contributed by atoms with E-state index in [1.165, 1.54) is 28.7 Å². The molecule has 6 nitrogen and oxygen atoms in total. The smallest absolute Gasteiger partial charge is 0.357 e. The number of amides is 1. The molecule has 1 atom stereocenters. The van der Waals surface area contributed by atoms with Gasteiger partial charge in [-0.1, -0.05) is 0 Å². The Kier molecular flexibility index (Phi) is 2.88. The van der Waals surface area contributed by atoms with Gasteiger partial charge in [-0.15, -0.1) is 11.3 Å². The highest BCUT2D eigenvalue weighted by Crippen LogP contribution is 2.25. The topological polar surface area (TPSA) is 79.7 Å². The van der Waals surface area contributed by atoms with Gasteiger partial charge in [-0.2, -0.15) is 0 Å². The number of nitrogens with zero attached hydrogens (tertiary/aromatic N) is 2. The SMILES string of the molecule is COC(=O)c1csc(N2CC(O)CC2=O)n1. The van der Waals surface area contributed by atoms with Crippen molar-refractivity contribution in [1.82, 2.24) is 4.98 Å². The number of carbonyl (C=O) groups is 2. The molecule has 0 aromatic carbocycles. The number of aliphatic hydroxyl groups excluding tert-OH is 1. The maximum atomic E-state index is 11.5. The summed E-state index contributed by atoms with van der Waals surface area (Å²) in [4.78, 5) is 28.0. The van der Waals surface area contributed by atoms with Crippen molar-refractivity contribution in [3.05, 3.63) is 11.1 Å². The van der Waals surface area contributed by atoms with E-state index in [4.69, 9.17) is 0 Å². The number of aromatic nitrogens is 1. The highest BCUT2D eigenvalue weighted by Gasteiger charge is 2.31. The van der Waals surface area contributed by atoms with E-state index in [2.05, 4.69) is 9.72 Å². The number of thiazole rings is 1. The van der Waals surface area contributed by atoms with Crippen molar-refractivity contribution >= 4 is 28.3 Å². The van der Waals surface area contributed by atoms with Crippen molar-refractivity contribution in [1.29, 1.82) is 0 Å². The Hall–Kier alpha value is -1.47. The second kappa shape index (κ2) is 4.18. The van der Waals surface area contributed by atoms with Gasteiger partial charge in [0.15, 0.2) is 10.8 Å². The number of esters is 1.